The van der Waals surface area contributed by atoms with Gasteiger partial charge in [0.2, 0.25) is 0 Å². The van der Waals surface area contributed by atoms with Gasteiger partial charge < -0.3 is 0 Å². The second kappa shape index (κ2) is 4.70. The van der Waals surface area contributed by atoms with Gasteiger partial charge in [-0.2, -0.15) is 0 Å². The van der Waals surface area contributed by atoms with Crippen molar-refractivity contribution in [3.8, 4) is 0 Å². The van der Waals surface area contributed by atoms with E-state index in [0.717, 1.165) is 17.4 Å². The van der Waals surface area contributed by atoms with Crippen molar-refractivity contribution in [2.45, 2.75) is 13.8 Å². The second-order valence-corrected chi connectivity index (χ2v) is 3.47. The van der Waals surface area contributed by atoms with Crippen molar-refractivity contribution in [2.75, 3.05) is 0 Å². The monoisotopic (exact) mass is 192 g/mol. The van der Waals surface area contributed by atoms with Gasteiger partial charge in [-0.05, 0) is 35.3 Å². The average molecular weight is 192 g/mol. The first-order chi connectivity index (χ1) is 6.63. The van der Waals surface area contributed by atoms with E-state index in [2.05, 4.69) is 0 Å². The van der Waals surface area contributed by atoms with Gasteiger partial charge in [0.1, 0.15) is 12.1 Å². The smallest absolute Gasteiger partial charge is 0.146 e. The Morgan fingerprint density at radius 2 is 1.86 bits per heavy atom. The number of allylic oxidation sites excluding steroid dienone is 1. The Bertz CT molecular complexity index is 336. The molecule has 2 heteroatoms. The van der Waals surface area contributed by atoms with Gasteiger partial charge >= 0.3 is 0 Å². The lowest BCUT2D eigenvalue weighted by molar-refractivity contribution is -0.105. The third kappa shape index (κ3) is 2.80. The third-order valence-electron chi connectivity index (χ3n) is 2.01. The van der Waals surface area contributed by atoms with Crippen LogP contribution in [0.1, 0.15) is 19.4 Å². The van der Waals surface area contributed by atoms with Gasteiger partial charge in [0.15, 0.2) is 0 Å². The molecule has 0 saturated carbocycles. The number of aldehydes is 1. The largest absolute Gasteiger partial charge is 0.298 e. The number of hydrogen-bond acceptors (Lipinski definition) is 1. The summed E-state index contributed by atoms with van der Waals surface area (Å²) in [6.07, 6.45) is 2.62. The molecule has 0 saturated heterocycles. The molecule has 0 N–H and O–H groups in total. The van der Waals surface area contributed by atoms with Gasteiger partial charge in [-0.3, -0.25) is 4.79 Å². The van der Waals surface area contributed by atoms with Crippen LogP contribution in [0.25, 0.3) is 6.08 Å². The Kier molecular flexibility index (Phi) is 3.57. The van der Waals surface area contributed by atoms with Crippen molar-refractivity contribution >= 4 is 12.4 Å². The summed E-state index contributed by atoms with van der Waals surface area (Å²) in [5.74, 6) is -0.0723. The van der Waals surface area contributed by atoms with Crippen LogP contribution in [-0.2, 0) is 4.79 Å². The molecule has 0 heterocycles. The van der Waals surface area contributed by atoms with Gasteiger partial charge in [0, 0.05) is 0 Å². The molecule has 1 nitrogen and oxygen atoms in total. The van der Waals surface area contributed by atoms with E-state index in [-0.39, 0.29) is 11.7 Å². The van der Waals surface area contributed by atoms with Gasteiger partial charge in [0.05, 0.1) is 0 Å². The molecule has 0 aliphatic heterocycles. The van der Waals surface area contributed by atoms with Crippen molar-refractivity contribution in [1.82, 2.24) is 0 Å². The topological polar surface area (TPSA) is 17.1 Å². The lowest BCUT2D eigenvalue weighted by atomic mass is 10.0. The molecule has 1 rings (SSSR count). The first-order valence-corrected chi connectivity index (χ1v) is 4.56. The third-order valence-corrected chi connectivity index (χ3v) is 2.01. The van der Waals surface area contributed by atoms with Crippen molar-refractivity contribution in [1.29, 1.82) is 0 Å². The summed E-state index contributed by atoms with van der Waals surface area (Å²) in [7, 11) is 0. The molecule has 1 aromatic carbocycles. The molecule has 74 valence electrons. The van der Waals surface area contributed by atoms with Crippen LogP contribution < -0.4 is 0 Å². The van der Waals surface area contributed by atoms with Crippen LogP contribution in [0.5, 0.6) is 0 Å². The molecule has 0 radical (unpaired) electrons. The molecule has 0 fully saturated rings. The summed E-state index contributed by atoms with van der Waals surface area (Å²) in [5.41, 5.74) is 1.57. The Labute approximate surface area is 83.3 Å². The Hall–Kier alpha value is -1.44. The fraction of sp³-hybridized carbons (Fsp3) is 0.250. The molecule has 1 aromatic rings. The zero-order valence-corrected chi connectivity index (χ0v) is 8.33. The number of hydrogen-bond donors (Lipinski definition) is 0. The summed E-state index contributed by atoms with van der Waals surface area (Å²) in [6.45, 7) is 3.90. The van der Waals surface area contributed by atoms with E-state index in [0.29, 0.717) is 0 Å². The van der Waals surface area contributed by atoms with E-state index in [9.17, 15) is 9.18 Å². The maximum absolute atomic E-state index is 12.6. The van der Waals surface area contributed by atoms with Crippen LogP contribution in [0.4, 0.5) is 4.39 Å². The highest BCUT2D eigenvalue weighted by Gasteiger charge is 2.01. The highest BCUT2D eigenvalue weighted by atomic mass is 19.1. The number of rotatable bonds is 3. The summed E-state index contributed by atoms with van der Waals surface area (Å²) in [5, 5.41) is 0. The predicted octanol–water partition coefficient (Wildman–Crippen LogP) is 3.06. The second-order valence-electron chi connectivity index (χ2n) is 3.47. The first-order valence-electron chi connectivity index (χ1n) is 4.56. The minimum Gasteiger partial charge on any atom is -0.298 e. The van der Waals surface area contributed by atoms with Crippen LogP contribution in [0, 0.1) is 11.7 Å². The highest BCUT2D eigenvalue weighted by Crippen LogP contribution is 2.12. The minimum absolute atomic E-state index is 0.192. The molecular weight excluding hydrogens is 179 g/mol. The minimum atomic E-state index is -0.264. The van der Waals surface area contributed by atoms with Crippen LogP contribution in [0.2, 0.25) is 0 Å². The van der Waals surface area contributed by atoms with E-state index in [1.165, 1.54) is 12.1 Å². The molecule has 14 heavy (non-hydrogen) atoms. The number of carbonyl (C=O) groups excluding carboxylic acids is 1. The van der Waals surface area contributed by atoms with Crippen molar-refractivity contribution in [2.24, 2.45) is 5.92 Å². The van der Waals surface area contributed by atoms with Crippen LogP contribution >= 0.6 is 0 Å². The van der Waals surface area contributed by atoms with Crippen LogP contribution in [0.3, 0.4) is 0 Å². The van der Waals surface area contributed by atoms with Crippen molar-refractivity contribution in [3.63, 3.8) is 0 Å². The fourth-order valence-electron chi connectivity index (χ4n) is 1.09. The molecule has 0 aromatic heterocycles. The standard InChI is InChI=1S/C12H13FO/c1-9(2)11(8-14)7-10-3-5-12(13)6-4-10/h3-9H,1-2H3. The van der Waals surface area contributed by atoms with E-state index in [4.69, 9.17) is 0 Å². The summed E-state index contributed by atoms with van der Waals surface area (Å²) in [6, 6.07) is 6.07. The molecule has 0 atom stereocenters. The molecule has 0 amide bonds. The quantitative estimate of drug-likeness (QED) is 0.531. The normalized spacial score (nSPS) is 11.9. The van der Waals surface area contributed by atoms with Gasteiger partial charge in [-0.1, -0.05) is 26.0 Å². The summed E-state index contributed by atoms with van der Waals surface area (Å²) in [4.78, 5) is 10.7. The molecule has 0 aliphatic carbocycles. The maximum Gasteiger partial charge on any atom is 0.146 e. The van der Waals surface area contributed by atoms with E-state index >= 15 is 0 Å². The highest BCUT2D eigenvalue weighted by molar-refractivity contribution is 5.82. The number of carbonyl (C=O) groups is 1. The SMILES string of the molecule is CC(C)C(C=O)=Cc1ccc(F)cc1. The van der Waals surface area contributed by atoms with Gasteiger partial charge in [0.25, 0.3) is 0 Å². The van der Waals surface area contributed by atoms with Crippen molar-refractivity contribution in [3.05, 3.63) is 41.2 Å². The lowest BCUT2D eigenvalue weighted by Gasteiger charge is -2.03. The molecule has 0 aliphatic rings. The number of halogens is 1. The van der Waals surface area contributed by atoms with Crippen LogP contribution in [-0.4, -0.2) is 6.29 Å². The van der Waals surface area contributed by atoms with Gasteiger partial charge in [-0.25, -0.2) is 4.39 Å². The van der Waals surface area contributed by atoms with E-state index < -0.39 is 0 Å². The Morgan fingerprint density at radius 1 is 1.29 bits per heavy atom. The number of benzene rings is 1. The maximum atomic E-state index is 12.6. The Balaban J connectivity index is 2.95. The molecular formula is C12H13FO. The van der Waals surface area contributed by atoms with Gasteiger partial charge in [-0.15, -0.1) is 0 Å². The molecule has 0 spiro atoms. The summed E-state index contributed by atoms with van der Waals surface area (Å²) >= 11 is 0. The zero-order chi connectivity index (χ0) is 10.6. The molecule has 0 bridgehead atoms. The molecule has 0 unspecified atom stereocenters. The predicted molar refractivity (Wildman–Crippen MR) is 55.3 cm³/mol. The first kappa shape index (κ1) is 10.6. The lowest BCUT2D eigenvalue weighted by Crippen LogP contribution is -1.94. The van der Waals surface area contributed by atoms with E-state index in [1.54, 1.807) is 18.2 Å². The summed E-state index contributed by atoms with van der Waals surface area (Å²) < 4.78 is 12.6. The fourth-order valence-corrected chi connectivity index (χ4v) is 1.09. The van der Waals surface area contributed by atoms with Crippen molar-refractivity contribution < 1.29 is 9.18 Å². The Morgan fingerprint density at radius 3 is 2.29 bits per heavy atom. The zero-order valence-electron chi connectivity index (χ0n) is 8.33. The van der Waals surface area contributed by atoms with E-state index in [1.807, 2.05) is 13.8 Å². The van der Waals surface area contributed by atoms with Crippen LogP contribution in [0.15, 0.2) is 29.8 Å². The average Bonchev–Trinajstić information content (AvgIpc) is 2.16.